The second kappa shape index (κ2) is 8.02. The maximum absolute atomic E-state index is 13.0. The van der Waals surface area contributed by atoms with E-state index in [1.165, 1.54) is 11.3 Å². The lowest BCUT2D eigenvalue weighted by atomic mass is 9.91. The van der Waals surface area contributed by atoms with Gasteiger partial charge in [-0.1, -0.05) is 30.3 Å². The average molecular weight is 359 g/mol. The summed E-state index contributed by atoms with van der Waals surface area (Å²) >= 11 is 1.52. The molecule has 4 nitrogen and oxygen atoms in total. The molecule has 0 saturated carbocycles. The summed E-state index contributed by atoms with van der Waals surface area (Å²) in [7, 11) is 0. The van der Waals surface area contributed by atoms with Crippen molar-refractivity contribution in [2.45, 2.75) is 32.7 Å². The van der Waals surface area contributed by atoms with E-state index < -0.39 is 0 Å². The number of benzene rings is 1. The van der Waals surface area contributed by atoms with E-state index >= 15 is 0 Å². The molecule has 1 aliphatic heterocycles. The SMILES string of the molecule is CCOc1cc(-c2ccccc2)sc1C(=O)N1CCC(C(C)N)CC1. The Balaban J connectivity index is 1.81. The molecule has 1 aromatic heterocycles. The lowest BCUT2D eigenvalue weighted by molar-refractivity contribution is 0.0682. The summed E-state index contributed by atoms with van der Waals surface area (Å²) in [5.41, 5.74) is 7.12. The zero-order valence-electron chi connectivity index (χ0n) is 14.9. The third-order valence-electron chi connectivity index (χ3n) is 4.82. The first-order valence-corrected chi connectivity index (χ1v) is 9.78. The molecule has 5 heteroatoms. The number of hydrogen-bond donors (Lipinski definition) is 1. The van der Waals surface area contributed by atoms with E-state index in [0.29, 0.717) is 23.2 Å². The molecule has 0 bridgehead atoms. The first kappa shape index (κ1) is 18.0. The van der Waals surface area contributed by atoms with Gasteiger partial charge in [0.1, 0.15) is 10.6 Å². The van der Waals surface area contributed by atoms with Crippen LogP contribution in [0.15, 0.2) is 36.4 Å². The predicted octanol–water partition coefficient (Wildman–Crippen LogP) is 4.01. The van der Waals surface area contributed by atoms with Gasteiger partial charge in [-0.2, -0.15) is 0 Å². The van der Waals surface area contributed by atoms with Crippen molar-refractivity contribution in [2.75, 3.05) is 19.7 Å². The summed E-state index contributed by atoms with van der Waals surface area (Å²) in [5, 5.41) is 0. The van der Waals surface area contributed by atoms with Crippen molar-refractivity contribution in [3.8, 4) is 16.2 Å². The summed E-state index contributed by atoms with van der Waals surface area (Å²) in [6.45, 7) is 6.10. The van der Waals surface area contributed by atoms with Gasteiger partial charge >= 0.3 is 0 Å². The summed E-state index contributed by atoms with van der Waals surface area (Å²) in [4.78, 5) is 16.8. The standard InChI is InChI=1S/C20H26N2O2S/c1-3-24-17-13-18(16-7-5-4-6-8-16)25-19(17)20(23)22-11-9-15(10-12-22)14(2)21/h4-8,13-15H,3,9-12,21H2,1-2H3. The largest absolute Gasteiger partial charge is 0.492 e. The lowest BCUT2D eigenvalue weighted by Gasteiger charge is -2.33. The van der Waals surface area contributed by atoms with Crippen molar-refractivity contribution in [1.82, 2.24) is 4.90 Å². The molecular weight excluding hydrogens is 332 g/mol. The minimum atomic E-state index is 0.0822. The van der Waals surface area contributed by atoms with Crippen molar-refractivity contribution in [2.24, 2.45) is 11.7 Å². The molecule has 2 aromatic rings. The highest BCUT2D eigenvalue weighted by atomic mass is 32.1. The van der Waals surface area contributed by atoms with E-state index in [1.54, 1.807) is 0 Å². The quantitative estimate of drug-likeness (QED) is 0.878. The third kappa shape index (κ3) is 4.05. The summed E-state index contributed by atoms with van der Waals surface area (Å²) in [6, 6.07) is 12.3. The molecule has 1 atom stereocenters. The van der Waals surface area contributed by atoms with Crippen molar-refractivity contribution < 1.29 is 9.53 Å². The van der Waals surface area contributed by atoms with E-state index in [1.807, 2.05) is 36.1 Å². The smallest absolute Gasteiger partial charge is 0.267 e. The van der Waals surface area contributed by atoms with Crippen LogP contribution in [0, 0.1) is 5.92 Å². The van der Waals surface area contributed by atoms with E-state index in [2.05, 4.69) is 19.1 Å². The summed E-state index contributed by atoms with van der Waals surface area (Å²) in [5.74, 6) is 1.29. The van der Waals surface area contributed by atoms with Crippen LogP contribution in [0.1, 0.15) is 36.4 Å². The molecule has 2 heterocycles. The van der Waals surface area contributed by atoms with E-state index in [-0.39, 0.29) is 11.9 Å². The average Bonchev–Trinajstić information content (AvgIpc) is 3.06. The monoisotopic (exact) mass is 358 g/mol. The topological polar surface area (TPSA) is 55.6 Å². The van der Waals surface area contributed by atoms with Crippen LogP contribution in [-0.4, -0.2) is 36.5 Å². The van der Waals surface area contributed by atoms with Gasteiger partial charge in [0, 0.05) is 24.0 Å². The Morgan fingerprint density at radius 2 is 2.00 bits per heavy atom. The van der Waals surface area contributed by atoms with Crippen molar-refractivity contribution >= 4 is 17.2 Å². The fourth-order valence-corrected chi connectivity index (χ4v) is 4.38. The molecule has 1 amide bonds. The minimum absolute atomic E-state index is 0.0822. The maximum Gasteiger partial charge on any atom is 0.267 e. The Morgan fingerprint density at radius 1 is 1.32 bits per heavy atom. The number of piperidine rings is 1. The van der Waals surface area contributed by atoms with Gasteiger partial charge in [-0.3, -0.25) is 4.79 Å². The molecular formula is C20H26N2O2S. The van der Waals surface area contributed by atoms with Gasteiger partial charge in [0.15, 0.2) is 0 Å². The third-order valence-corrected chi connectivity index (χ3v) is 5.97. The minimum Gasteiger partial charge on any atom is -0.492 e. The molecule has 0 aliphatic carbocycles. The Bertz CT molecular complexity index is 704. The molecule has 1 aromatic carbocycles. The normalized spacial score (nSPS) is 16.7. The van der Waals surface area contributed by atoms with Gasteiger partial charge in [0.05, 0.1) is 6.61 Å². The second-order valence-electron chi connectivity index (χ2n) is 6.59. The number of carbonyl (C=O) groups is 1. The van der Waals surface area contributed by atoms with Crippen molar-refractivity contribution in [3.05, 3.63) is 41.3 Å². The number of nitrogens with zero attached hydrogens (tertiary/aromatic N) is 1. The zero-order valence-corrected chi connectivity index (χ0v) is 15.7. The van der Waals surface area contributed by atoms with Crippen LogP contribution in [0.3, 0.4) is 0 Å². The number of rotatable bonds is 5. The lowest BCUT2D eigenvalue weighted by Crippen LogP contribution is -2.42. The fourth-order valence-electron chi connectivity index (χ4n) is 3.30. The molecule has 0 radical (unpaired) electrons. The van der Waals surface area contributed by atoms with E-state index in [9.17, 15) is 4.79 Å². The second-order valence-corrected chi connectivity index (χ2v) is 7.64. The number of nitrogens with two attached hydrogens (primary N) is 1. The van der Waals surface area contributed by atoms with Gasteiger partial charge in [-0.15, -0.1) is 11.3 Å². The fraction of sp³-hybridized carbons (Fsp3) is 0.450. The van der Waals surface area contributed by atoms with E-state index in [4.69, 9.17) is 10.5 Å². The molecule has 1 aliphatic rings. The van der Waals surface area contributed by atoms with Crippen molar-refractivity contribution in [1.29, 1.82) is 0 Å². The number of ether oxygens (including phenoxy) is 1. The number of thiophene rings is 1. The summed E-state index contributed by atoms with van der Waals surface area (Å²) < 4.78 is 5.75. The predicted molar refractivity (Wildman–Crippen MR) is 103 cm³/mol. The van der Waals surface area contributed by atoms with Gasteiger partial charge in [0.2, 0.25) is 0 Å². The van der Waals surface area contributed by atoms with Gasteiger partial charge in [-0.05, 0) is 44.2 Å². The van der Waals surface area contributed by atoms with Crippen LogP contribution in [0.4, 0.5) is 0 Å². The molecule has 0 spiro atoms. The number of amides is 1. The van der Waals surface area contributed by atoms with Gasteiger partial charge in [-0.25, -0.2) is 0 Å². The highest BCUT2D eigenvalue weighted by molar-refractivity contribution is 7.17. The molecule has 1 fully saturated rings. The zero-order chi connectivity index (χ0) is 17.8. The van der Waals surface area contributed by atoms with Crippen LogP contribution >= 0.6 is 11.3 Å². The van der Waals surface area contributed by atoms with E-state index in [0.717, 1.165) is 36.4 Å². The highest BCUT2D eigenvalue weighted by Crippen LogP contribution is 2.37. The van der Waals surface area contributed by atoms with Crippen LogP contribution < -0.4 is 10.5 Å². The first-order chi connectivity index (χ1) is 12.1. The molecule has 25 heavy (non-hydrogen) atoms. The molecule has 2 N–H and O–H groups in total. The molecule has 3 rings (SSSR count). The Morgan fingerprint density at radius 3 is 2.60 bits per heavy atom. The van der Waals surface area contributed by atoms with Crippen molar-refractivity contribution in [3.63, 3.8) is 0 Å². The first-order valence-electron chi connectivity index (χ1n) is 8.97. The number of hydrogen-bond acceptors (Lipinski definition) is 4. The molecule has 1 saturated heterocycles. The number of carbonyl (C=O) groups excluding carboxylic acids is 1. The maximum atomic E-state index is 13.0. The summed E-state index contributed by atoms with van der Waals surface area (Å²) in [6.07, 6.45) is 1.95. The van der Waals surface area contributed by atoms with Gasteiger partial charge < -0.3 is 15.4 Å². The Kier molecular flexibility index (Phi) is 5.76. The number of likely N-dealkylation sites (tertiary alicyclic amines) is 1. The highest BCUT2D eigenvalue weighted by Gasteiger charge is 2.28. The van der Waals surface area contributed by atoms with Crippen LogP contribution in [0.5, 0.6) is 5.75 Å². The van der Waals surface area contributed by atoms with Crippen LogP contribution in [0.25, 0.3) is 10.4 Å². The Labute approximate surface area is 153 Å². The Hall–Kier alpha value is -1.85. The van der Waals surface area contributed by atoms with Crippen LogP contribution in [-0.2, 0) is 0 Å². The van der Waals surface area contributed by atoms with Gasteiger partial charge in [0.25, 0.3) is 5.91 Å². The molecule has 1 unspecified atom stereocenters. The molecule has 134 valence electrons. The van der Waals surface area contributed by atoms with Crippen LogP contribution in [0.2, 0.25) is 0 Å².